The van der Waals surface area contributed by atoms with Gasteiger partial charge in [0.15, 0.2) is 0 Å². The van der Waals surface area contributed by atoms with Crippen LogP contribution in [0.3, 0.4) is 0 Å². The van der Waals surface area contributed by atoms with E-state index in [0.717, 1.165) is 32.5 Å². The minimum Gasteiger partial charge on any atom is -0.356 e. The molecule has 0 saturated carbocycles. The Morgan fingerprint density at radius 1 is 1.25 bits per heavy atom. The molecule has 2 N–H and O–H groups in total. The molecule has 0 aliphatic carbocycles. The molecule has 2 heterocycles. The Morgan fingerprint density at radius 3 is 2.58 bits per heavy atom. The van der Waals surface area contributed by atoms with Gasteiger partial charge in [-0.15, -0.1) is 12.4 Å². The van der Waals surface area contributed by atoms with E-state index in [1.54, 1.807) is 0 Å². The van der Waals surface area contributed by atoms with Gasteiger partial charge in [0.05, 0.1) is 0 Å². The van der Waals surface area contributed by atoms with Crippen LogP contribution in [0.4, 0.5) is 0 Å². The van der Waals surface area contributed by atoms with E-state index >= 15 is 0 Å². The Kier molecular flexibility index (Phi) is 2.96. The molecule has 1 atom stereocenters. The Balaban J connectivity index is 0.000000720. The molecule has 1 amide bonds. The largest absolute Gasteiger partial charge is 0.356 e. The summed E-state index contributed by atoms with van der Waals surface area (Å²) in [6.07, 6.45) is 3.08. The molecule has 0 aromatic carbocycles. The molecule has 3 nitrogen and oxygen atoms in total. The lowest BCUT2D eigenvalue weighted by Gasteiger charge is -2.31. The summed E-state index contributed by atoms with van der Waals surface area (Å²) in [6, 6.07) is 0. The predicted molar refractivity (Wildman–Crippen MR) is 49.4 cm³/mol. The first kappa shape index (κ1) is 9.81. The van der Waals surface area contributed by atoms with E-state index in [2.05, 4.69) is 10.6 Å². The highest BCUT2D eigenvalue weighted by Gasteiger charge is 2.37. The average molecular weight is 191 g/mol. The van der Waals surface area contributed by atoms with Gasteiger partial charge in [-0.1, -0.05) is 0 Å². The fourth-order valence-electron chi connectivity index (χ4n) is 2.12. The van der Waals surface area contributed by atoms with Crippen LogP contribution >= 0.6 is 12.4 Å². The molecule has 2 saturated heterocycles. The molecule has 0 aromatic heterocycles. The highest BCUT2D eigenvalue weighted by Crippen LogP contribution is 2.34. The van der Waals surface area contributed by atoms with Crippen molar-refractivity contribution in [1.82, 2.24) is 10.6 Å². The Hall–Kier alpha value is -0.280. The van der Waals surface area contributed by atoms with Crippen LogP contribution in [0.1, 0.15) is 19.3 Å². The maximum Gasteiger partial charge on any atom is 0.220 e. The van der Waals surface area contributed by atoms with Crippen LogP contribution in [0.15, 0.2) is 0 Å². The van der Waals surface area contributed by atoms with Crippen molar-refractivity contribution in [3.63, 3.8) is 0 Å². The van der Waals surface area contributed by atoms with Gasteiger partial charge in [-0.3, -0.25) is 4.79 Å². The zero-order valence-electron chi connectivity index (χ0n) is 7.06. The van der Waals surface area contributed by atoms with Crippen molar-refractivity contribution in [2.45, 2.75) is 19.3 Å². The van der Waals surface area contributed by atoms with Crippen LogP contribution in [-0.4, -0.2) is 25.5 Å². The summed E-state index contributed by atoms with van der Waals surface area (Å²) in [7, 11) is 0. The van der Waals surface area contributed by atoms with Crippen molar-refractivity contribution >= 4 is 18.3 Å². The highest BCUT2D eigenvalue weighted by molar-refractivity contribution is 5.85. The highest BCUT2D eigenvalue weighted by atomic mass is 35.5. The minimum absolute atomic E-state index is 0. The second-order valence-electron chi connectivity index (χ2n) is 3.70. The molecule has 0 bridgehead atoms. The van der Waals surface area contributed by atoms with Crippen molar-refractivity contribution < 1.29 is 4.79 Å². The number of halogens is 1. The summed E-state index contributed by atoms with van der Waals surface area (Å²) in [5.74, 6) is 0.236. The van der Waals surface area contributed by atoms with E-state index in [1.807, 2.05) is 0 Å². The molecule has 2 fully saturated rings. The molecule has 1 spiro atoms. The summed E-state index contributed by atoms with van der Waals surface area (Å²) in [4.78, 5) is 11.1. The molecular weight excluding hydrogens is 176 g/mol. The summed E-state index contributed by atoms with van der Waals surface area (Å²) >= 11 is 0. The van der Waals surface area contributed by atoms with Crippen molar-refractivity contribution in [1.29, 1.82) is 0 Å². The van der Waals surface area contributed by atoms with E-state index in [-0.39, 0.29) is 18.3 Å². The maximum absolute atomic E-state index is 11.1. The number of piperidine rings is 1. The van der Waals surface area contributed by atoms with E-state index in [1.165, 1.54) is 6.42 Å². The van der Waals surface area contributed by atoms with Crippen LogP contribution < -0.4 is 10.6 Å². The normalized spacial score (nSPS) is 34.5. The van der Waals surface area contributed by atoms with E-state index in [4.69, 9.17) is 0 Å². The van der Waals surface area contributed by atoms with Crippen LogP contribution in [0.5, 0.6) is 0 Å². The van der Waals surface area contributed by atoms with Crippen LogP contribution in [-0.2, 0) is 4.79 Å². The van der Waals surface area contributed by atoms with Crippen LogP contribution in [0.2, 0.25) is 0 Å². The standard InChI is InChI=1S/C8H14N2O.ClH/c11-7-5-8(2-4-10-7)1-3-9-6-8;/h9H,1-6H2,(H,10,11);1H. The van der Waals surface area contributed by atoms with Crippen LogP contribution in [0, 0.1) is 5.41 Å². The lowest BCUT2D eigenvalue weighted by Crippen LogP contribution is -2.41. The molecule has 2 aliphatic heterocycles. The molecule has 12 heavy (non-hydrogen) atoms. The second kappa shape index (κ2) is 3.62. The van der Waals surface area contributed by atoms with Gasteiger partial charge in [-0.2, -0.15) is 0 Å². The van der Waals surface area contributed by atoms with Crippen molar-refractivity contribution in [3.8, 4) is 0 Å². The predicted octanol–water partition coefficient (Wildman–Crippen LogP) is 0.298. The molecule has 0 radical (unpaired) electrons. The monoisotopic (exact) mass is 190 g/mol. The lowest BCUT2D eigenvalue weighted by atomic mass is 9.78. The minimum atomic E-state index is 0. The van der Waals surface area contributed by atoms with Gasteiger partial charge in [-0.25, -0.2) is 0 Å². The fraction of sp³-hybridized carbons (Fsp3) is 0.875. The molecule has 0 aromatic rings. The lowest BCUT2D eigenvalue weighted by molar-refractivity contribution is -0.125. The van der Waals surface area contributed by atoms with Gasteiger partial charge in [0, 0.05) is 19.5 Å². The Bertz CT molecular complexity index is 178. The molecule has 4 heteroatoms. The van der Waals surface area contributed by atoms with Gasteiger partial charge < -0.3 is 10.6 Å². The summed E-state index contributed by atoms with van der Waals surface area (Å²) in [5.41, 5.74) is 0.322. The number of amides is 1. The van der Waals surface area contributed by atoms with E-state index < -0.39 is 0 Å². The molecular formula is C8H15ClN2O. The average Bonchev–Trinajstić information content (AvgIpc) is 2.37. The second-order valence-corrected chi connectivity index (χ2v) is 3.70. The maximum atomic E-state index is 11.1. The third-order valence-electron chi connectivity index (χ3n) is 2.85. The number of hydrogen-bond acceptors (Lipinski definition) is 2. The Labute approximate surface area is 78.7 Å². The summed E-state index contributed by atoms with van der Waals surface area (Å²) in [6.45, 7) is 3.01. The van der Waals surface area contributed by atoms with Gasteiger partial charge in [0.25, 0.3) is 0 Å². The molecule has 1 unspecified atom stereocenters. The molecule has 70 valence electrons. The van der Waals surface area contributed by atoms with E-state index in [9.17, 15) is 4.79 Å². The first-order valence-electron chi connectivity index (χ1n) is 4.28. The number of nitrogens with one attached hydrogen (secondary N) is 2. The SMILES string of the molecule is Cl.O=C1CC2(CCNC2)CCN1. The third-order valence-corrected chi connectivity index (χ3v) is 2.85. The first-order valence-corrected chi connectivity index (χ1v) is 4.28. The third kappa shape index (κ3) is 1.72. The zero-order chi connectivity index (χ0) is 7.73. The summed E-state index contributed by atoms with van der Waals surface area (Å²) in [5, 5.41) is 6.19. The summed E-state index contributed by atoms with van der Waals surface area (Å²) < 4.78 is 0. The van der Waals surface area contributed by atoms with E-state index in [0.29, 0.717) is 5.41 Å². The van der Waals surface area contributed by atoms with Gasteiger partial charge in [0.2, 0.25) is 5.91 Å². The first-order chi connectivity index (χ1) is 5.31. The fourth-order valence-corrected chi connectivity index (χ4v) is 2.12. The molecule has 2 aliphatic rings. The number of rotatable bonds is 0. The number of carbonyl (C=O) groups is 1. The van der Waals surface area contributed by atoms with Crippen LogP contribution in [0.25, 0.3) is 0 Å². The Morgan fingerprint density at radius 2 is 2.00 bits per heavy atom. The topological polar surface area (TPSA) is 41.1 Å². The van der Waals surface area contributed by atoms with Gasteiger partial charge in [-0.05, 0) is 24.8 Å². The van der Waals surface area contributed by atoms with Gasteiger partial charge in [0.1, 0.15) is 0 Å². The zero-order valence-corrected chi connectivity index (χ0v) is 7.88. The number of hydrogen-bond donors (Lipinski definition) is 2. The van der Waals surface area contributed by atoms with Crippen molar-refractivity contribution in [2.75, 3.05) is 19.6 Å². The van der Waals surface area contributed by atoms with Crippen molar-refractivity contribution in [3.05, 3.63) is 0 Å². The van der Waals surface area contributed by atoms with Gasteiger partial charge >= 0.3 is 0 Å². The number of carbonyl (C=O) groups excluding carboxylic acids is 1. The van der Waals surface area contributed by atoms with Crippen molar-refractivity contribution in [2.24, 2.45) is 5.41 Å². The quantitative estimate of drug-likeness (QED) is 0.577. The smallest absolute Gasteiger partial charge is 0.220 e. The molecule has 2 rings (SSSR count).